The summed E-state index contributed by atoms with van der Waals surface area (Å²) >= 11 is 4.73. The summed E-state index contributed by atoms with van der Waals surface area (Å²) in [6, 6.07) is 0. The van der Waals surface area contributed by atoms with Gasteiger partial charge in [0.15, 0.2) is 0 Å². The molecule has 0 saturated carbocycles. The Hall–Kier alpha value is 5.30. The van der Waals surface area contributed by atoms with Crippen molar-refractivity contribution in [2.75, 3.05) is 7.11 Å². The van der Waals surface area contributed by atoms with Crippen LogP contribution in [0.25, 0.3) is 5.73 Å². The van der Waals surface area contributed by atoms with Gasteiger partial charge in [-0.1, -0.05) is 0 Å². The van der Waals surface area contributed by atoms with E-state index in [0.29, 0.717) is 3.90 Å². The maximum atomic E-state index is 10.4. The van der Waals surface area contributed by atoms with Gasteiger partial charge in [-0.3, -0.25) is 0 Å². The van der Waals surface area contributed by atoms with Crippen LogP contribution in [0, 0.1) is 0 Å². The van der Waals surface area contributed by atoms with Crippen LogP contribution in [0.2, 0.25) is 0 Å². The zero-order valence-corrected chi connectivity index (χ0v) is 39.2. The summed E-state index contributed by atoms with van der Waals surface area (Å²) in [5.74, 6) is -0.891. The fourth-order valence-electron chi connectivity index (χ4n) is 0.207. The molecule has 0 aliphatic heterocycles. The molecule has 0 bridgehead atoms. The second kappa shape index (κ2) is 36.3. The monoisotopic (exact) mass is 1990 g/mol. The van der Waals surface area contributed by atoms with Gasteiger partial charge < -0.3 is 0 Å². The topological polar surface area (TPSA) is 67.2 Å². The minimum Gasteiger partial charge on any atom is 0 e. The molecule has 0 fully saturated rings. The summed E-state index contributed by atoms with van der Waals surface area (Å²) in [6.07, 6.45) is 0. The molecule has 14 heteroatoms. The first kappa shape index (κ1) is 50.3. The summed E-state index contributed by atoms with van der Waals surface area (Å²) < 4.78 is 10.2. The predicted octanol–water partition coefficient (Wildman–Crippen LogP) is -1.28. The zero-order chi connectivity index (χ0) is 12.4. The minimum atomic E-state index is -0.521. The number of nitrogens with one attached hydrogen (secondary N) is 1. The van der Waals surface area contributed by atoms with Crippen molar-refractivity contribution < 1.29 is 218 Å². The summed E-state index contributed by atoms with van der Waals surface area (Å²) in [7, 11) is 1.33. The number of esters is 1. The Morgan fingerprint density at radius 1 is 1.05 bits per heavy atom. The molecule has 0 radical (unpaired) electrons. The Kier molecular flexibility index (Phi) is 86.8. The number of amides is 1. The molecular weight excluding hydrogens is 1980 g/mol. The molecule has 1 amide bonds. The Morgan fingerprint density at radius 3 is 1.43 bits per heavy atom. The molecule has 0 aromatic carbocycles. The molecule has 0 aromatic heterocycles. The van der Waals surface area contributed by atoms with Crippen LogP contribution in [0.4, 0.5) is 0 Å². The van der Waals surface area contributed by atoms with Crippen molar-refractivity contribution in [3.8, 4) is 0 Å². The molecule has 0 rings (SSSR count). The van der Waals surface area contributed by atoms with Crippen LogP contribution in [0.1, 0.15) is 0 Å². The van der Waals surface area contributed by atoms with Crippen molar-refractivity contribution in [2.24, 2.45) is 0 Å². The van der Waals surface area contributed by atoms with E-state index in [4.69, 9.17) is 5.73 Å². The van der Waals surface area contributed by atoms with Crippen LogP contribution < -0.4 is 0 Å². The number of carbonyl (C=O) groups is 2. The van der Waals surface area contributed by atoms with Crippen LogP contribution in [-0.4, -0.2) is 35.6 Å². The fraction of sp³-hybridized carbons (Fsp3) is 0.143. The maximum absolute atomic E-state index is 10.4. The van der Waals surface area contributed by atoms with Crippen molar-refractivity contribution in [3.63, 3.8) is 0 Å². The normalized spacial score (nSPS) is 5.38. The van der Waals surface area contributed by atoms with Crippen molar-refractivity contribution >= 4 is 28.5 Å². The largest absolute Gasteiger partial charge is 0 e. The zero-order valence-electron chi connectivity index (χ0n) is 9.88. The van der Waals surface area contributed by atoms with E-state index < -0.39 is 5.91 Å². The number of rotatable bonds is 4. The molecule has 118 valence electrons. The predicted molar refractivity (Wildman–Crippen MR) is 42.4 cm³/mol. The third-order valence-electron chi connectivity index (χ3n) is 0.806. The van der Waals surface area contributed by atoms with Gasteiger partial charge in [0.1, 0.15) is 0 Å². The summed E-state index contributed by atoms with van der Waals surface area (Å²) in [6.45, 7) is 0. The van der Waals surface area contributed by atoms with E-state index >= 15 is 0 Å². The maximum Gasteiger partial charge on any atom is 0 e. The molecule has 0 aliphatic rings. The molecule has 4 nitrogen and oxygen atoms in total. The number of ether oxygens (including phenoxy) is 1. The number of hydrogen-bond donors (Lipinski definition) is 0. The number of carbonyl (C=O) groups excluding carboxylic acids is 2. The Morgan fingerprint density at radius 2 is 1.38 bits per heavy atom. The summed E-state index contributed by atoms with van der Waals surface area (Å²) in [5.41, 5.74) is 6.74. The van der Waals surface area contributed by atoms with Crippen molar-refractivity contribution in [3.05, 3.63) is 5.73 Å². The first-order chi connectivity index (χ1) is 6.90. The van der Waals surface area contributed by atoms with E-state index in [9.17, 15) is 9.59 Å². The van der Waals surface area contributed by atoms with Gasteiger partial charge in [-0.25, -0.2) is 0 Å². The van der Waals surface area contributed by atoms with Crippen LogP contribution in [0.3, 0.4) is 0 Å². The van der Waals surface area contributed by atoms with Gasteiger partial charge in [0, 0.05) is 126 Å². The molecule has 0 aliphatic carbocycles. The van der Waals surface area contributed by atoms with E-state index in [1.807, 2.05) is 4.40 Å². The second-order valence-corrected chi connectivity index (χ2v) is 6.36. The summed E-state index contributed by atoms with van der Waals surface area (Å²) in [5, 5.41) is 0. The van der Waals surface area contributed by atoms with Crippen molar-refractivity contribution in [2.45, 2.75) is 0 Å². The molecule has 0 heterocycles. The Labute approximate surface area is 254 Å². The van der Waals surface area contributed by atoms with E-state index in [0.717, 1.165) is 42.6 Å². The Balaban J connectivity index is -0.0000000217. The molecule has 0 spiro atoms. The SMILES string of the molecule is COC(=O)[C-]=[W].[NH-]C(=O)[C](=[W])[C](=[W])[CH]=[W].[W].[W].[W].[W].[W].[W]. The van der Waals surface area contributed by atoms with Gasteiger partial charge in [-0.05, 0) is 0 Å². The molecule has 0 unspecified atom stereocenters. The third kappa shape index (κ3) is 36.9. The van der Waals surface area contributed by atoms with E-state index in [2.05, 4.69) is 9.14 Å². The van der Waals surface area contributed by atoms with Crippen molar-refractivity contribution in [1.29, 1.82) is 0 Å². The van der Waals surface area contributed by atoms with Crippen LogP contribution in [-0.2, 0) is 218 Å². The van der Waals surface area contributed by atoms with Crippen LogP contribution in [0.5, 0.6) is 0 Å². The molecule has 0 saturated heterocycles. The first-order valence-electron chi connectivity index (χ1n) is 3.16. The van der Waals surface area contributed by atoms with Crippen LogP contribution in [0.15, 0.2) is 0 Å². The fourth-order valence-corrected chi connectivity index (χ4v) is 2.64. The molecule has 0 atom stereocenters. The van der Waals surface area contributed by atoms with E-state index in [1.54, 1.807) is 0 Å². The quantitative estimate of drug-likeness (QED) is 0.261. The summed E-state index contributed by atoms with van der Waals surface area (Å²) in [4.78, 5) is 20.2. The first-order valence-corrected chi connectivity index (χ1v) is 9.25. The van der Waals surface area contributed by atoms with Gasteiger partial charge in [0.2, 0.25) is 0 Å². The van der Waals surface area contributed by atoms with E-state index in [1.165, 1.54) is 45.8 Å². The average molecular weight is 1990 g/mol. The van der Waals surface area contributed by atoms with Gasteiger partial charge in [-0.2, -0.15) is 0 Å². The molecule has 1 N–H and O–H groups in total. The van der Waals surface area contributed by atoms with Crippen LogP contribution >= 0.6 is 0 Å². The van der Waals surface area contributed by atoms with Gasteiger partial charge in [0.25, 0.3) is 0 Å². The number of hydrogen-bond acceptors (Lipinski definition) is 3. The van der Waals surface area contributed by atoms with Crippen molar-refractivity contribution in [1.82, 2.24) is 0 Å². The third-order valence-corrected chi connectivity index (χ3v) is 9.21. The second-order valence-electron chi connectivity index (χ2n) is 1.73. The van der Waals surface area contributed by atoms with E-state index in [-0.39, 0.29) is 132 Å². The smallest absolute Gasteiger partial charge is 0 e. The van der Waals surface area contributed by atoms with Gasteiger partial charge in [-0.15, -0.1) is 0 Å². The standard InChI is InChI=1S/C4H3NO.C3H3O2.10W/c1-2-3-4(5)6;1-3(4)5-2;;;;;;;;;;/h1H,(H2,5,6);2H3;;;;;;;;;;/q;-1;;;;;;;;;;/p-1. The Bertz CT molecular complexity index is 322. The molecule has 0 aromatic rings. The average Bonchev–Trinajstić information content (AvgIpc) is 2.26. The van der Waals surface area contributed by atoms with Gasteiger partial charge >= 0.3 is 133 Å². The molecular formula is C7H5NO3W10-2. The minimum absolute atomic E-state index is 0. The van der Waals surface area contributed by atoms with Gasteiger partial charge in [0.05, 0.1) is 0 Å². The number of methoxy groups -OCH3 is 1. The molecule has 21 heavy (non-hydrogen) atoms.